The Hall–Kier alpha value is -1.79. The second kappa shape index (κ2) is 7.72. The molecule has 0 radical (unpaired) electrons. The molecule has 0 spiro atoms. The van der Waals surface area contributed by atoms with Gasteiger partial charge in [-0.15, -0.1) is 0 Å². The maximum Gasteiger partial charge on any atom is 0.317 e. The van der Waals surface area contributed by atoms with E-state index in [1.54, 1.807) is 18.9 Å². The molecule has 1 rings (SSSR count). The third-order valence-electron chi connectivity index (χ3n) is 3.56. The first kappa shape index (κ1) is 16.3. The molecule has 1 heterocycles. The van der Waals surface area contributed by atoms with E-state index >= 15 is 0 Å². The van der Waals surface area contributed by atoms with Crippen molar-refractivity contribution < 1.29 is 19.5 Å². The van der Waals surface area contributed by atoms with Gasteiger partial charge in [0.05, 0.1) is 0 Å². The van der Waals surface area contributed by atoms with Gasteiger partial charge in [-0.1, -0.05) is 0 Å². The summed E-state index contributed by atoms with van der Waals surface area (Å²) in [4.78, 5) is 35.6. The first-order chi connectivity index (χ1) is 9.43. The Kier molecular flexibility index (Phi) is 6.27. The van der Waals surface area contributed by atoms with Crippen molar-refractivity contribution in [2.75, 3.05) is 20.1 Å². The van der Waals surface area contributed by atoms with E-state index < -0.39 is 5.97 Å². The van der Waals surface area contributed by atoms with Crippen LogP contribution in [0, 0.1) is 5.92 Å². The number of hydrogen-bond donors (Lipinski definition) is 3. The molecule has 7 heteroatoms. The molecule has 3 N–H and O–H groups in total. The second-order valence-corrected chi connectivity index (χ2v) is 5.16. The molecule has 3 amide bonds. The molecule has 0 aromatic rings. The average molecular weight is 285 g/mol. The summed E-state index contributed by atoms with van der Waals surface area (Å²) in [5, 5.41) is 14.0. The fourth-order valence-corrected chi connectivity index (χ4v) is 2.26. The van der Waals surface area contributed by atoms with Crippen molar-refractivity contribution in [3.8, 4) is 0 Å². The van der Waals surface area contributed by atoms with Crippen molar-refractivity contribution >= 4 is 17.9 Å². The van der Waals surface area contributed by atoms with Crippen molar-refractivity contribution in [1.82, 2.24) is 15.5 Å². The van der Waals surface area contributed by atoms with E-state index in [1.807, 2.05) is 0 Å². The van der Waals surface area contributed by atoms with Crippen molar-refractivity contribution in [3.05, 3.63) is 0 Å². The molecule has 1 atom stereocenters. The highest BCUT2D eigenvalue weighted by atomic mass is 16.4. The number of aliphatic carboxylic acids is 1. The van der Waals surface area contributed by atoms with Crippen LogP contribution < -0.4 is 10.6 Å². The molecule has 1 aliphatic rings. The summed E-state index contributed by atoms with van der Waals surface area (Å²) in [6.07, 6.45) is 1.78. The topological polar surface area (TPSA) is 98.7 Å². The maximum atomic E-state index is 12.0. The highest BCUT2D eigenvalue weighted by Gasteiger charge is 2.27. The SMILES string of the molecule is CNC(=O)C1CCN(C(=O)NC(C)CCC(=O)O)CC1. The number of rotatable bonds is 5. The van der Waals surface area contributed by atoms with Crippen LogP contribution in [0.3, 0.4) is 0 Å². The number of carboxylic acids is 1. The van der Waals surface area contributed by atoms with Crippen LogP contribution in [-0.4, -0.2) is 54.1 Å². The standard InChI is InChI=1S/C13H23N3O4/c1-9(3-4-11(17)18)15-13(20)16-7-5-10(6-8-16)12(19)14-2/h9-10H,3-8H2,1-2H3,(H,14,19)(H,15,20)(H,17,18). The van der Waals surface area contributed by atoms with E-state index in [0.29, 0.717) is 32.4 Å². The number of carbonyl (C=O) groups excluding carboxylic acids is 2. The molecule has 114 valence electrons. The average Bonchev–Trinajstić information content (AvgIpc) is 2.44. The summed E-state index contributed by atoms with van der Waals surface area (Å²) in [5.74, 6) is -0.856. The normalized spacial score (nSPS) is 17.4. The van der Waals surface area contributed by atoms with Gasteiger partial charge in [0, 0.05) is 38.5 Å². The predicted octanol–water partition coefficient (Wildman–Crippen LogP) is 0.407. The minimum Gasteiger partial charge on any atom is -0.481 e. The summed E-state index contributed by atoms with van der Waals surface area (Å²) in [5.41, 5.74) is 0. The Labute approximate surface area is 118 Å². The fourth-order valence-electron chi connectivity index (χ4n) is 2.26. The summed E-state index contributed by atoms with van der Waals surface area (Å²) in [6, 6.07) is -0.353. The summed E-state index contributed by atoms with van der Waals surface area (Å²) < 4.78 is 0. The molecule has 1 aliphatic heterocycles. The molecular weight excluding hydrogens is 262 g/mol. The second-order valence-electron chi connectivity index (χ2n) is 5.16. The number of urea groups is 1. The van der Waals surface area contributed by atoms with Crippen molar-refractivity contribution in [2.24, 2.45) is 5.92 Å². The highest BCUT2D eigenvalue weighted by Crippen LogP contribution is 2.17. The molecule has 0 aliphatic carbocycles. The fraction of sp³-hybridized carbons (Fsp3) is 0.769. The zero-order valence-electron chi connectivity index (χ0n) is 12.0. The summed E-state index contributed by atoms with van der Waals surface area (Å²) in [7, 11) is 1.62. The van der Waals surface area contributed by atoms with Crippen LogP contribution in [0.25, 0.3) is 0 Å². The number of nitrogens with zero attached hydrogens (tertiary/aromatic N) is 1. The van der Waals surface area contributed by atoms with Crippen LogP contribution in [0.5, 0.6) is 0 Å². The number of nitrogens with one attached hydrogen (secondary N) is 2. The summed E-state index contributed by atoms with van der Waals surface area (Å²) in [6.45, 7) is 2.89. The number of carboxylic acid groups (broad SMARTS) is 1. The molecule has 0 saturated carbocycles. The van der Waals surface area contributed by atoms with Gasteiger partial charge < -0.3 is 20.6 Å². The number of carbonyl (C=O) groups is 3. The van der Waals surface area contributed by atoms with E-state index in [4.69, 9.17) is 5.11 Å². The molecule has 1 saturated heterocycles. The van der Waals surface area contributed by atoms with Gasteiger partial charge in [-0.05, 0) is 26.2 Å². The van der Waals surface area contributed by atoms with Gasteiger partial charge in [-0.2, -0.15) is 0 Å². The molecule has 0 aromatic heterocycles. The third kappa shape index (κ3) is 5.07. The Morgan fingerprint density at radius 3 is 2.40 bits per heavy atom. The Balaban J connectivity index is 2.32. The molecule has 0 bridgehead atoms. The minimum atomic E-state index is -0.863. The zero-order valence-corrected chi connectivity index (χ0v) is 12.0. The first-order valence-electron chi connectivity index (χ1n) is 6.93. The lowest BCUT2D eigenvalue weighted by Crippen LogP contribution is -2.48. The minimum absolute atomic E-state index is 0.0199. The van der Waals surface area contributed by atoms with Crippen molar-refractivity contribution in [3.63, 3.8) is 0 Å². The quantitative estimate of drug-likeness (QED) is 0.681. The van der Waals surface area contributed by atoms with Gasteiger partial charge >= 0.3 is 12.0 Å². The molecule has 7 nitrogen and oxygen atoms in total. The number of piperidine rings is 1. The van der Waals surface area contributed by atoms with Crippen LogP contribution in [0.4, 0.5) is 4.79 Å². The molecule has 0 aromatic carbocycles. The predicted molar refractivity (Wildman–Crippen MR) is 73.2 cm³/mol. The van der Waals surface area contributed by atoms with Crippen LogP contribution in [0.1, 0.15) is 32.6 Å². The van der Waals surface area contributed by atoms with Gasteiger partial charge in [0.25, 0.3) is 0 Å². The van der Waals surface area contributed by atoms with E-state index in [2.05, 4.69) is 10.6 Å². The van der Waals surface area contributed by atoms with E-state index in [-0.39, 0.29) is 30.3 Å². The largest absolute Gasteiger partial charge is 0.481 e. The van der Waals surface area contributed by atoms with Crippen LogP contribution in [-0.2, 0) is 9.59 Å². The van der Waals surface area contributed by atoms with Crippen molar-refractivity contribution in [2.45, 2.75) is 38.6 Å². The lowest BCUT2D eigenvalue weighted by molar-refractivity contribution is -0.137. The lowest BCUT2D eigenvalue weighted by Gasteiger charge is -2.32. The van der Waals surface area contributed by atoms with Gasteiger partial charge in [-0.3, -0.25) is 9.59 Å². The van der Waals surface area contributed by atoms with Gasteiger partial charge in [0.15, 0.2) is 0 Å². The Morgan fingerprint density at radius 2 is 1.90 bits per heavy atom. The van der Waals surface area contributed by atoms with Crippen molar-refractivity contribution in [1.29, 1.82) is 0 Å². The van der Waals surface area contributed by atoms with Crippen LogP contribution in [0.2, 0.25) is 0 Å². The highest BCUT2D eigenvalue weighted by molar-refractivity contribution is 5.79. The smallest absolute Gasteiger partial charge is 0.317 e. The van der Waals surface area contributed by atoms with E-state index in [9.17, 15) is 14.4 Å². The molecule has 20 heavy (non-hydrogen) atoms. The number of likely N-dealkylation sites (tertiary alicyclic amines) is 1. The number of amides is 3. The van der Waals surface area contributed by atoms with Gasteiger partial charge in [-0.25, -0.2) is 4.79 Å². The van der Waals surface area contributed by atoms with Gasteiger partial charge in [0.2, 0.25) is 5.91 Å². The molecule has 1 fully saturated rings. The van der Waals surface area contributed by atoms with Crippen LogP contribution in [0.15, 0.2) is 0 Å². The first-order valence-corrected chi connectivity index (χ1v) is 6.93. The van der Waals surface area contributed by atoms with Crippen LogP contribution >= 0.6 is 0 Å². The molecular formula is C13H23N3O4. The lowest BCUT2D eigenvalue weighted by atomic mass is 9.96. The third-order valence-corrected chi connectivity index (χ3v) is 3.56. The molecule has 1 unspecified atom stereocenters. The monoisotopic (exact) mass is 285 g/mol. The maximum absolute atomic E-state index is 12.0. The zero-order chi connectivity index (χ0) is 15.1. The van der Waals surface area contributed by atoms with E-state index in [1.165, 1.54) is 0 Å². The number of hydrogen-bond acceptors (Lipinski definition) is 3. The summed E-state index contributed by atoms with van der Waals surface area (Å²) >= 11 is 0. The van der Waals surface area contributed by atoms with E-state index in [0.717, 1.165) is 0 Å². The Morgan fingerprint density at radius 1 is 1.30 bits per heavy atom. The van der Waals surface area contributed by atoms with Gasteiger partial charge in [0.1, 0.15) is 0 Å². The Bertz CT molecular complexity index is 365.